The Bertz CT molecular complexity index is 255. The van der Waals surface area contributed by atoms with Gasteiger partial charge in [-0.25, -0.2) is 0 Å². The molecule has 16 heavy (non-hydrogen) atoms. The maximum atomic E-state index is 8.83. The van der Waals surface area contributed by atoms with Gasteiger partial charge in [0.2, 0.25) is 0 Å². The lowest BCUT2D eigenvalue weighted by molar-refractivity contribution is -0.0385. The van der Waals surface area contributed by atoms with Crippen molar-refractivity contribution >= 4 is 0 Å². The molecule has 0 aromatic carbocycles. The summed E-state index contributed by atoms with van der Waals surface area (Å²) in [5.74, 6) is 0.284. The van der Waals surface area contributed by atoms with Crippen molar-refractivity contribution in [3.8, 4) is 6.07 Å². The van der Waals surface area contributed by atoms with E-state index >= 15 is 0 Å². The number of ether oxygens (including phenoxy) is 1. The molecule has 0 saturated carbocycles. The minimum Gasteiger partial charge on any atom is -0.374 e. The highest BCUT2D eigenvalue weighted by molar-refractivity contribution is 4.88. The molecule has 2 aliphatic rings. The number of hydrogen-bond donors (Lipinski definition) is 0. The molecule has 1 atom stereocenters. The molecule has 0 aromatic heterocycles. The van der Waals surface area contributed by atoms with Gasteiger partial charge in [0.05, 0.1) is 18.8 Å². The second kappa shape index (κ2) is 5.62. The fraction of sp³-hybridized carbons (Fsp3) is 0.917. The standard InChI is InChI=1S/C12H21N3O/c1-14-6-7-16-12(9-14)10-15-4-2-11(8-13)3-5-15/h11-12H,2-7,9-10H2,1H3. The van der Waals surface area contributed by atoms with Crippen LogP contribution in [-0.2, 0) is 4.74 Å². The van der Waals surface area contributed by atoms with E-state index < -0.39 is 0 Å². The summed E-state index contributed by atoms with van der Waals surface area (Å²) in [7, 11) is 2.15. The Morgan fingerprint density at radius 2 is 2.06 bits per heavy atom. The Labute approximate surface area is 97.8 Å². The summed E-state index contributed by atoms with van der Waals surface area (Å²) in [6, 6.07) is 2.37. The molecule has 4 heteroatoms. The molecule has 0 aromatic rings. The van der Waals surface area contributed by atoms with Crippen LogP contribution in [0, 0.1) is 17.2 Å². The van der Waals surface area contributed by atoms with Crippen molar-refractivity contribution in [3.05, 3.63) is 0 Å². The number of rotatable bonds is 2. The molecule has 90 valence electrons. The summed E-state index contributed by atoms with van der Waals surface area (Å²) >= 11 is 0. The highest BCUT2D eigenvalue weighted by Gasteiger charge is 2.24. The molecular weight excluding hydrogens is 202 g/mol. The van der Waals surface area contributed by atoms with Gasteiger partial charge in [0.25, 0.3) is 0 Å². The van der Waals surface area contributed by atoms with E-state index in [2.05, 4.69) is 22.9 Å². The van der Waals surface area contributed by atoms with Crippen LogP contribution in [0.2, 0.25) is 0 Å². The smallest absolute Gasteiger partial charge is 0.0829 e. The fourth-order valence-corrected chi connectivity index (χ4v) is 2.51. The Kier molecular flexibility index (Phi) is 4.16. The third-order valence-corrected chi connectivity index (χ3v) is 3.57. The summed E-state index contributed by atoms with van der Waals surface area (Å²) in [6.45, 7) is 6.09. The molecule has 0 amide bonds. The average molecular weight is 223 g/mol. The van der Waals surface area contributed by atoms with E-state index in [0.717, 1.165) is 52.2 Å². The Morgan fingerprint density at radius 3 is 2.69 bits per heavy atom. The van der Waals surface area contributed by atoms with Crippen molar-refractivity contribution in [2.45, 2.75) is 18.9 Å². The summed E-state index contributed by atoms with van der Waals surface area (Å²) in [5, 5.41) is 8.83. The first-order chi connectivity index (χ1) is 7.78. The summed E-state index contributed by atoms with van der Waals surface area (Å²) in [4.78, 5) is 4.77. The quantitative estimate of drug-likeness (QED) is 0.685. The molecule has 2 aliphatic heterocycles. The lowest BCUT2D eigenvalue weighted by Gasteiger charge is -2.36. The largest absolute Gasteiger partial charge is 0.374 e. The van der Waals surface area contributed by atoms with Gasteiger partial charge in [0, 0.05) is 25.6 Å². The summed E-state index contributed by atoms with van der Waals surface area (Å²) < 4.78 is 5.76. The van der Waals surface area contributed by atoms with Crippen LogP contribution in [0.15, 0.2) is 0 Å². The zero-order valence-electron chi connectivity index (χ0n) is 10.1. The maximum Gasteiger partial charge on any atom is 0.0829 e. The van der Waals surface area contributed by atoms with Gasteiger partial charge in [-0.05, 0) is 33.0 Å². The van der Waals surface area contributed by atoms with Gasteiger partial charge in [-0.2, -0.15) is 5.26 Å². The lowest BCUT2D eigenvalue weighted by Crippen LogP contribution is -2.47. The van der Waals surface area contributed by atoms with Crippen molar-refractivity contribution in [2.24, 2.45) is 5.92 Å². The van der Waals surface area contributed by atoms with Crippen molar-refractivity contribution < 1.29 is 4.74 Å². The zero-order valence-corrected chi connectivity index (χ0v) is 10.1. The first-order valence-corrected chi connectivity index (χ1v) is 6.20. The third-order valence-electron chi connectivity index (χ3n) is 3.57. The Hall–Kier alpha value is -0.630. The van der Waals surface area contributed by atoms with E-state index in [1.807, 2.05) is 0 Å². The molecule has 0 N–H and O–H groups in total. The first kappa shape index (κ1) is 11.8. The SMILES string of the molecule is CN1CCOC(CN2CCC(C#N)CC2)C1. The van der Waals surface area contributed by atoms with Crippen LogP contribution in [0.1, 0.15) is 12.8 Å². The Balaban J connectivity index is 1.72. The molecule has 1 unspecified atom stereocenters. The number of piperidine rings is 1. The third kappa shape index (κ3) is 3.18. The molecular formula is C12H21N3O. The van der Waals surface area contributed by atoms with Gasteiger partial charge in [0.1, 0.15) is 0 Å². The minimum absolute atomic E-state index is 0.284. The van der Waals surface area contributed by atoms with Crippen LogP contribution < -0.4 is 0 Å². The first-order valence-electron chi connectivity index (χ1n) is 6.20. The molecule has 0 bridgehead atoms. The number of morpholine rings is 1. The van der Waals surface area contributed by atoms with Crippen LogP contribution in [0.3, 0.4) is 0 Å². The second-order valence-corrected chi connectivity index (χ2v) is 4.96. The van der Waals surface area contributed by atoms with Crippen LogP contribution >= 0.6 is 0 Å². The van der Waals surface area contributed by atoms with E-state index in [4.69, 9.17) is 10.00 Å². The van der Waals surface area contributed by atoms with Gasteiger partial charge >= 0.3 is 0 Å². The molecule has 0 aliphatic carbocycles. The molecule has 2 fully saturated rings. The molecule has 4 nitrogen and oxygen atoms in total. The number of nitrogens with zero attached hydrogens (tertiary/aromatic N) is 3. The van der Waals surface area contributed by atoms with Crippen molar-refractivity contribution in [2.75, 3.05) is 46.4 Å². The lowest BCUT2D eigenvalue weighted by atomic mass is 9.98. The number of hydrogen-bond acceptors (Lipinski definition) is 4. The number of likely N-dealkylation sites (N-methyl/N-ethyl adjacent to an activating group) is 1. The Morgan fingerprint density at radius 1 is 1.31 bits per heavy atom. The van der Waals surface area contributed by atoms with E-state index in [9.17, 15) is 0 Å². The number of likely N-dealkylation sites (tertiary alicyclic amines) is 1. The molecule has 2 saturated heterocycles. The van der Waals surface area contributed by atoms with Crippen LogP contribution in [-0.4, -0.2) is 62.3 Å². The van der Waals surface area contributed by atoms with Gasteiger partial charge in [-0.15, -0.1) is 0 Å². The van der Waals surface area contributed by atoms with Crippen molar-refractivity contribution in [3.63, 3.8) is 0 Å². The topological polar surface area (TPSA) is 39.5 Å². The molecule has 2 heterocycles. The van der Waals surface area contributed by atoms with E-state index in [1.165, 1.54) is 0 Å². The molecule has 0 radical (unpaired) electrons. The van der Waals surface area contributed by atoms with E-state index in [-0.39, 0.29) is 5.92 Å². The summed E-state index contributed by atoms with van der Waals surface area (Å²) in [6.07, 6.45) is 2.41. The van der Waals surface area contributed by atoms with E-state index in [1.54, 1.807) is 0 Å². The van der Waals surface area contributed by atoms with Gasteiger partial charge in [0.15, 0.2) is 0 Å². The molecule has 2 rings (SSSR count). The monoisotopic (exact) mass is 223 g/mol. The zero-order chi connectivity index (χ0) is 11.4. The van der Waals surface area contributed by atoms with Crippen molar-refractivity contribution in [1.29, 1.82) is 5.26 Å². The van der Waals surface area contributed by atoms with Gasteiger partial charge < -0.3 is 14.5 Å². The number of nitriles is 1. The van der Waals surface area contributed by atoms with E-state index in [0.29, 0.717) is 6.10 Å². The second-order valence-electron chi connectivity index (χ2n) is 4.96. The van der Waals surface area contributed by atoms with Crippen LogP contribution in [0.4, 0.5) is 0 Å². The van der Waals surface area contributed by atoms with Crippen molar-refractivity contribution in [1.82, 2.24) is 9.80 Å². The molecule has 0 spiro atoms. The predicted octanol–water partition coefficient (Wildman–Crippen LogP) is 0.553. The van der Waals surface area contributed by atoms with Gasteiger partial charge in [-0.1, -0.05) is 0 Å². The van der Waals surface area contributed by atoms with Crippen LogP contribution in [0.5, 0.6) is 0 Å². The highest BCUT2D eigenvalue weighted by Crippen LogP contribution is 2.17. The predicted molar refractivity (Wildman–Crippen MR) is 62.0 cm³/mol. The summed E-state index contributed by atoms with van der Waals surface area (Å²) in [5.41, 5.74) is 0. The fourth-order valence-electron chi connectivity index (χ4n) is 2.51. The minimum atomic E-state index is 0.284. The maximum absolute atomic E-state index is 8.83. The average Bonchev–Trinajstić information content (AvgIpc) is 2.30. The highest BCUT2D eigenvalue weighted by atomic mass is 16.5. The normalized spacial score (nSPS) is 30.1. The van der Waals surface area contributed by atoms with Crippen LogP contribution in [0.25, 0.3) is 0 Å². The van der Waals surface area contributed by atoms with Gasteiger partial charge in [-0.3, -0.25) is 0 Å².